The predicted molar refractivity (Wildman–Crippen MR) is 87.8 cm³/mol. The number of ether oxygens (including phenoxy) is 2. The van der Waals surface area contributed by atoms with Gasteiger partial charge in [0.1, 0.15) is 11.5 Å². The van der Waals surface area contributed by atoms with E-state index in [1.807, 2.05) is 6.07 Å². The van der Waals surface area contributed by atoms with Crippen LogP contribution in [0.25, 0.3) is 0 Å². The molecule has 0 aliphatic rings. The van der Waals surface area contributed by atoms with Crippen molar-refractivity contribution in [1.82, 2.24) is 15.6 Å². The summed E-state index contributed by atoms with van der Waals surface area (Å²) in [6.45, 7) is 2.70. The van der Waals surface area contributed by atoms with E-state index < -0.39 is 0 Å². The van der Waals surface area contributed by atoms with E-state index in [1.165, 1.54) is 0 Å². The van der Waals surface area contributed by atoms with Gasteiger partial charge in [0.2, 0.25) is 0 Å². The molecule has 2 rings (SSSR count). The number of hydrogen-bond acceptors (Lipinski definition) is 5. The fraction of sp³-hybridized carbons (Fsp3) is 0.294. The number of pyridine rings is 1. The third-order valence-corrected chi connectivity index (χ3v) is 3.06. The fourth-order valence-electron chi connectivity index (χ4n) is 1.88. The lowest BCUT2D eigenvalue weighted by Gasteiger charge is -2.08. The Morgan fingerprint density at radius 3 is 2.61 bits per heavy atom. The van der Waals surface area contributed by atoms with Gasteiger partial charge < -0.3 is 20.1 Å². The number of amides is 1. The minimum atomic E-state index is -0.105. The molecule has 2 aromatic rings. The molecule has 2 N–H and O–H groups in total. The van der Waals surface area contributed by atoms with Gasteiger partial charge >= 0.3 is 0 Å². The molecule has 0 aliphatic heterocycles. The Kier molecular flexibility index (Phi) is 7.03. The van der Waals surface area contributed by atoms with Gasteiger partial charge in [-0.25, -0.2) is 0 Å². The van der Waals surface area contributed by atoms with Crippen LogP contribution < -0.4 is 15.4 Å². The molecule has 6 nitrogen and oxygen atoms in total. The third-order valence-electron chi connectivity index (χ3n) is 3.06. The molecule has 0 saturated carbocycles. The molecule has 122 valence electrons. The van der Waals surface area contributed by atoms with E-state index in [4.69, 9.17) is 9.47 Å². The summed E-state index contributed by atoms with van der Waals surface area (Å²) >= 11 is 0. The average molecular weight is 315 g/mol. The lowest BCUT2D eigenvalue weighted by molar-refractivity contribution is 0.0953. The zero-order chi connectivity index (χ0) is 16.3. The summed E-state index contributed by atoms with van der Waals surface area (Å²) in [5, 5.41) is 6.02. The van der Waals surface area contributed by atoms with Crippen LogP contribution in [-0.4, -0.2) is 44.2 Å². The molecule has 0 saturated heterocycles. The van der Waals surface area contributed by atoms with Crippen LogP contribution in [0.3, 0.4) is 0 Å². The molecule has 1 amide bonds. The van der Waals surface area contributed by atoms with Gasteiger partial charge in [0.25, 0.3) is 5.91 Å². The van der Waals surface area contributed by atoms with Gasteiger partial charge in [0, 0.05) is 38.5 Å². The van der Waals surface area contributed by atoms with Gasteiger partial charge in [-0.1, -0.05) is 0 Å². The first-order valence-electron chi connectivity index (χ1n) is 7.45. The Balaban J connectivity index is 1.76. The number of hydrogen-bond donors (Lipinski definition) is 2. The number of aromatic nitrogens is 1. The minimum absolute atomic E-state index is 0.105. The smallest absolute Gasteiger partial charge is 0.251 e. The number of rotatable bonds is 9. The summed E-state index contributed by atoms with van der Waals surface area (Å²) in [5.74, 6) is 1.22. The second kappa shape index (κ2) is 9.55. The number of carbonyl (C=O) groups is 1. The van der Waals surface area contributed by atoms with Crippen molar-refractivity contribution in [3.05, 3.63) is 54.4 Å². The van der Waals surface area contributed by atoms with Crippen molar-refractivity contribution < 1.29 is 14.3 Å². The Hall–Kier alpha value is -2.44. The fourth-order valence-corrected chi connectivity index (χ4v) is 1.88. The number of carbonyl (C=O) groups excluding carboxylic acids is 1. The number of methoxy groups -OCH3 is 1. The molecule has 6 heteroatoms. The zero-order valence-corrected chi connectivity index (χ0v) is 13.1. The van der Waals surface area contributed by atoms with Crippen molar-refractivity contribution in [3.8, 4) is 11.5 Å². The van der Waals surface area contributed by atoms with E-state index in [0.29, 0.717) is 36.8 Å². The van der Waals surface area contributed by atoms with Gasteiger partial charge in [-0.2, -0.15) is 0 Å². The molecule has 0 spiro atoms. The van der Waals surface area contributed by atoms with E-state index >= 15 is 0 Å². The molecular weight excluding hydrogens is 294 g/mol. The Morgan fingerprint density at radius 2 is 1.91 bits per heavy atom. The summed E-state index contributed by atoms with van der Waals surface area (Å²) in [6, 6.07) is 10.6. The molecule has 1 aromatic heterocycles. The van der Waals surface area contributed by atoms with Crippen LogP contribution in [0, 0.1) is 0 Å². The molecule has 0 fully saturated rings. The van der Waals surface area contributed by atoms with Crippen LogP contribution in [0.1, 0.15) is 10.4 Å². The van der Waals surface area contributed by atoms with Crippen LogP contribution in [-0.2, 0) is 4.74 Å². The van der Waals surface area contributed by atoms with E-state index in [9.17, 15) is 4.79 Å². The number of nitrogens with one attached hydrogen (secondary N) is 2. The van der Waals surface area contributed by atoms with E-state index in [1.54, 1.807) is 49.8 Å². The van der Waals surface area contributed by atoms with Crippen LogP contribution in [0.15, 0.2) is 48.8 Å². The molecule has 0 unspecified atom stereocenters. The molecule has 1 aromatic carbocycles. The molecule has 1 heterocycles. The van der Waals surface area contributed by atoms with Crippen molar-refractivity contribution in [2.24, 2.45) is 0 Å². The Labute approximate surface area is 135 Å². The minimum Gasteiger partial charge on any atom is -0.456 e. The number of nitrogens with zero attached hydrogens (tertiary/aromatic N) is 1. The average Bonchev–Trinajstić information content (AvgIpc) is 2.59. The maximum Gasteiger partial charge on any atom is 0.251 e. The first kappa shape index (κ1) is 16.9. The monoisotopic (exact) mass is 315 g/mol. The summed E-state index contributed by atoms with van der Waals surface area (Å²) in [6.07, 6.45) is 3.32. The molecule has 0 bridgehead atoms. The lowest BCUT2D eigenvalue weighted by Crippen LogP contribution is -2.33. The van der Waals surface area contributed by atoms with E-state index in [2.05, 4.69) is 15.6 Å². The van der Waals surface area contributed by atoms with Crippen LogP contribution in [0.4, 0.5) is 0 Å². The topological polar surface area (TPSA) is 72.5 Å². The molecule has 0 radical (unpaired) electrons. The predicted octanol–water partition coefficient (Wildman–Crippen LogP) is 1.84. The zero-order valence-electron chi connectivity index (χ0n) is 13.1. The summed E-state index contributed by atoms with van der Waals surface area (Å²) in [5.41, 5.74) is 0.598. The first-order valence-corrected chi connectivity index (χ1v) is 7.45. The van der Waals surface area contributed by atoms with Gasteiger partial charge in [-0.05, 0) is 36.4 Å². The van der Waals surface area contributed by atoms with Crippen molar-refractivity contribution in [2.75, 3.05) is 33.4 Å². The summed E-state index contributed by atoms with van der Waals surface area (Å²) < 4.78 is 10.6. The summed E-state index contributed by atoms with van der Waals surface area (Å²) in [7, 11) is 1.66. The van der Waals surface area contributed by atoms with Crippen molar-refractivity contribution in [2.45, 2.75) is 0 Å². The highest BCUT2D eigenvalue weighted by atomic mass is 16.5. The molecule has 0 aliphatic carbocycles. The van der Waals surface area contributed by atoms with Crippen molar-refractivity contribution in [3.63, 3.8) is 0 Å². The lowest BCUT2D eigenvalue weighted by atomic mass is 10.2. The van der Waals surface area contributed by atoms with Crippen LogP contribution in [0.5, 0.6) is 11.5 Å². The van der Waals surface area contributed by atoms with Gasteiger partial charge in [-0.3, -0.25) is 9.78 Å². The van der Waals surface area contributed by atoms with Crippen LogP contribution in [0.2, 0.25) is 0 Å². The standard InChI is InChI=1S/C17H21N3O3/c1-22-12-11-18-9-10-20-17(21)14-4-6-15(7-5-14)23-16-3-2-8-19-13-16/h2-8,13,18H,9-12H2,1H3,(H,20,21). The van der Waals surface area contributed by atoms with E-state index in [-0.39, 0.29) is 5.91 Å². The van der Waals surface area contributed by atoms with Crippen LogP contribution >= 0.6 is 0 Å². The van der Waals surface area contributed by atoms with Gasteiger partial charge in [0.15, 0.2) is 0 Å². The second-order valence-electron chi connectivity index (χ2n) is 4.81. The molecule has 23 heavy (non-hydrogen) atoms. The van der Waals surface area contributed by atoms with Crippen molar-refractivity contribution >= 4 is 5.91 Å². The largest absolute Gasteiger partial charge is 0.456 e. The van der Waals surface area contributed by atoms with Gasteiger partial charge in [-0.15, -0.1) is 0 Å². The maximum absolute atomic E-state index is 12.0. The number of benzene rings is 1. The molecular formula is C17H21N3O3. The summed E-state index contributed by atoms with van der Waals surface area (Å²) in [4.78, 5) is 16.0. The first-order chi connectivity index (χ1) is 11.3. The quantitative estimate of drug-likeness (QED) is 0.691. The second-order valence-corrected chi connectivity index (χ2v) is 4.81. The Bertz CT molecular complexity index is 588. The van der Waals surface area contributed by atoms with Crippen molar-refractivity contribution in [1.29, 1.82) is 0 Å². The molecule has 0 atom stereocenters. The highest BCUT2D eigenvalue weighted by Gasteiger charge is 2.05. The third kappa shape index (κ3) is 6.06. The highest BCUT2D eigenvalue weighted by molar-refractivity contribution is 5.94. The maximum atomic E-state index is 12.0. The highest BCUT2D eigenvalue weighted by Crippen LogP contribution is 2.20. The SMILES string of the molecule is COCCNCCNC(=O)c1ccc(Oc2cccnc2)cc1. The van der Waals surface area contributed by atoms with E-state index in [0.717, 1.165) is 6.54 Å². The van der Waals surface area contributed by atoms with Gasteiger partial charge in [0.05, 0.1) is 12.8 Å². The Morgan fingerprint density at radius 1 is 1.09 bits per heavy atom. The normalized spacial score (nSPS) is 10.3.